The van der Waals surface area contributed by atoms with Gasteiger partial charge in [-0.25, -0.2) is 0 Å². The third-order valence-electron chi connectivity index (χ3n) is 5.26. The second-order valence-electron chi connectivity index (χ2n) is 8.34. The number of benzene rings is 1. The molecule has 174 valence electrons. The van der Waals surface area contributed by atoms with Crippen LogP contribution < -0.4 is 5.32 Å². The zero-order valence-corrected chi connectivity index (χ0v) is 19.4. The lowest BCUT2D eigenvalue weighted by Crippen LogP contribution is -2.55. The van der Waals surface area contributed by atoms with Crippen molar-refractivity contribution in [2.24, 2.45) is 0 Å². The highest BCUT2D eigenvalue weighted by Gasteiger charge is 2.33. The molecule has 0 saturated carbocycles. The van der Waals surface area contributed by atoms with Crippen LogP contribution in [-0.2, 0) is 30.3 Å². The average molecular weight is 434 g/mol. The third-order valence-corrected chi connectivity index (χ3v) is 5.26. The summed E-state index contributed by atoms with van der Waals surface area (Å²) >= 11 is 0. The van der Waals surface area contributed by atoms with Crippen LogP contribution >= 0.6 is 0 Å². The molecule has 0 radical (unpaired) electrons. The summed E-state index contributed by atoms with van der Waals surface area (Å²) in [6.45, 7) is 4.05. The fraction of sp³-hybridized carbons (Fsp3) is 0.640. The lowest BCUT2D eigenvalue weighted by Gasteiger charge is -2.33. The Morgan fingerprint density at radius 3 is 1.71 bits per heavy atom. The van der Waals surface area contributed by atoms with Crippen molar-refractivity contribution in [1.29, 1.82) is 0 Å². The summed E-state index contributed by atoms with van der Waals surface area (Å²) < 4.78 is 10.3. The smallest absolute Gasteiger partial charge is 0.302 e. The van der Waals surface area contributed by atoms with Crippen LogP contribution in [0.25, 0.3) is 0 Å². The largest absolute Gasteiger partial charge is 0.463 e. The molecular formula is C25H39NO5. The standard InChI is InChI=1S/C25H39NO5/c1-21(27)26-25(19-30-22(2)28,20-31-23(3)29)18-14-9-7-5-4-6-8-11-15-24-16-12-10-13-17-24/h10,12-13,16-17H,4-9,11,14-15,18-20H2,1-3H3,(H,26,27). The van der Waals surface area contributed by atoms with Crippen LogP contribution in [0.4, 0.5) is 0 Å². The third kappa shape index (κ3) is 13.5. The van der Waals surface area contributed by atoms with E-state index in [2.05, 4.69) is 35.6 Å². The molecule has 1 aromatic carbocycles. The maximum Gasteiger partial charge on any atom is 0.302 e. The molecule has 6 nitrogen and oxygen atoms in total. The fourth-order valence-electron chi connectivity index (χ4n) is 3.67. The van der Waals surface area contributed by atoms with E-state index < -0.39 is 17.5 Å². The summed E-state index contributed by atoms with van der Waals surface area (Å²) in [6.07, 6.45) is 10.9. The van der Waals surface area contributed by atoms with E-state index in [4.69, 9.17) is 9.47 Å². The van der Waals surface area contributed by atoms with Crippen LogP contribution in [0.15, 0.2) is 30.3 Å². The predicted molar refractivity (Wildman–Crippen MR) is 122 cm³/mol. The van der Waals surface area contributed by atoms with Gasteiger partial charge >= 0.3 is 11.9 Å². The molecular weight excluding hydrogens is 394 g/mol. The molecule has 6 heteroatoms. The van der Waals surface area contributed by atoms with Crippen molar-refractivity contribution in [1.82, 2.24) is 5.32 Å². The Morgan fingerprint density at radius 2 is 1.23 bits per heavy atom. The Balaban J connectivity index is 2.28. The van der Waals surface area contributed by atoms with Crippen molar-refractivity contribution < 1.29 is 23.9 Å². The molecule has 0 aliphatic carbocycles. The first-order chi connectivity index (χ1) is 14.8. The lowest BCUT2D eigenvalue weighted by atomic mass is 9.92. The Kier molecular flexibility index (Phi) is 13.3. The number of hydrogen-bond acceptors (Lipinski definition) is 5. The number of carbonyl (C=O) groups excluding carboxylic acids is 3. The van der Waals surface area contributed by atoms with Crippen LogP contribution in [0.2, 0.25) is 0 Å². The molecule has 0 spiro atoms. The van der Waals surface area contributed by atoms with Crippen LogP contribution in [0.5, 0.6) is 0 Å². The number of hydrogen-bond donors (Lipinski definition) is 1. The van der Waals surface area contributed by atoms with Gasteiger partial charge in [-0.15, -0.1) is 0 Å². The predicted octanol–water partition coefficient (Wildman–Crippen LogP) is 4.74. The molecule has 0 aliphatic heterocycles. The van der Waals surface area contributed by atoms with Crippen molar-refractivity contribution in [3.8, 4) is 0 Å². The molecule has 0 bridgehead atoms. The Hall–Kier alpha value is -2.37. The van der Waals surface area contributed by atoms with Crippen LogP contribution in [0.1, 0.15) is 84.1 Å². The number of carbonyl (C=O) groups is 3. The maximum absolute atomic E-state index is 11.7. The van der Waals surface area contributed by atoms with E-state index in [0.29, 0.717) is 6.42 Å². The SMILES string of the molecule is CC(=O)NC(CCCCCCCCCCc1ccccc1)(COC(C)=O)COC(C)=O. The first-order valence-electron chi connectivity index (χ1n) is 11.4. The highest BCUT2D eigenvalue weighted by atomic mass is 16.5. The monoisotopic (exact) mass is 433 g/mol. The second-order valence-corrected chi connectivity index (χ2v) is 8.34. The van der Waals surface area contributed by atoms with E-state index in [9.17, 15) is 14.4 Å². The Bertz CT molecular complexity index is 641. The fourth-order valence-corrected chi connectivity index (χ4v) is 3.67. The summed E-state index contributed by atoms with van der Waals surface area (Å²) in [5.41, 5.74) is 0.535. The summed E-state index contributed by atoms with van der Waals surface area (Å²) in [6, 6.07) is 10.6. The highest BCUT2D eigenvalue weighted by molar-refractivity contribution is 5.74. The minimum Gasteiger partial charge on any atom is -0.463 e. The molecule has 0 heterocycles. The van der Waals surface area contributed by atoms with Gasteiger partial charge in [0, 0.05) is 20.8 Å². The van der Waals surface area contributed by atoms with Crippen LogP contribution in [-0.4, -0.2) is 36.6 Å². The molecule has 1 rings (SSSR count). The number of ether oxygens (including phenoxy) is 2. The van der Waals surface area contributed by atoms with Crippen LogP contribution in [0, 0.1) is 0 Å². The van der Waals surface area contributed by atoms with Gasteiger partial charge in [0.25, 0.3) is 0 Å². The van der Waals surface area contributed by atoms with Gasteiger partial charge in [0.2, 0.25) is 5.91 Å². The summed E-state index contributed by atoms with van der Waals surface area (Å²) in [5, 5.41) is 2.85. The van der Waals surface area contributed by atoms with Gasteiger partial charge in [-0.3, -0.25) is 14.4 Å². The molecule has 0 atom stereocenters. The van der Waals surface area contributed by atoms with Crippen molar-refractivity contribution in [3.05, 3.63) is 35.9 Å². The number of unbranched alkanes of at least 4 members (excludes halogenated alkanes) is 7. The van der Waals surface area contributed by atoms with Crippen molar-refractivity contribution >= 4 is 17.8 Å². The number of amides is 1. The van der Waals surface area contributed by atoms with Gasteiger partial charge in [-0.1, -0.05) is 75.3 Å². The van der Waals surface area contributed by atoms with Gasteiger partial charge < -0.3 is 14.8 Å². The molecule has 1 N–H and O–H groups in total. The first-order valence-corrected chi connectivity index (χ1v) is 11.4. The second kappa shape index (κ2) is 15.4. The normalized spacial score (nSPS) is 11.1. The average Bonchev–Trinajstić information content (AvgIpc) is 2.72. The number of nitrogens with one attached hydrogen (secondary N) is 1. The van der Waals surface area contributed by atoms with Crippen molar-refractivity contribution in [3.63, 3.8) is 0 Å². The summed E-state index contributed by atoms with van der Waals surface area (Å²) in [7, 11) is 0. The number of esters is 2. The maximum atomic E-state index is 11.7. The van der Waals surface area contributed by atoms with Gasteiger partial charge in [-0.05, 0) is 24.8 Å². The summed E-state index contributed by atoms with van der Waals surface area (Å²) in [4.78, 5) is 34.3. The van der Waals surface area contributed by atoms with E-state index in [1.54, 1.807) is 0 Å². The van der Waals surface area contributed by atoms with Crippen LogP contribution in [0.3, 0.4) is 0 Å². The number of rotatable bonds is 16. The van der Waals surface area contributed by atoms with E-state index in [0.717, 1.165) is 25.7 Å². The molecule has 0 aromatic heterocycles. The zero-order valence-electron chi connectivity index (χ0n) is 19.4. The van der Waals surface area contributed by atoms with E-state index in [-0.39, 0.29) is 19.1 Å². The van der Waals surface area contributed by atoms with E-state index in [1.165, 1.54) is 58.4 Å². The van der Waals surface area contributed by atoms with E-state index >= 15 is 0 Å². The quantitative estimate of drug-likeness (QED) is 0.301. The lowest BCUT2D eigenvalue weighted by molar-refractivity contribution is -0.150. The Morgan fingerprint density at radius 1 is 0.742 bits per heavy atom. The molecule has 1 amide bonds. The van der Waals surface area contributed by atoms with Crippen molar-refractivity contribution in [2.45, 2.75) is 90.5 Å². The zero-order chi connectivity index (χ0) is 23.0. The molecule has 0 unspecified atom stereocenters. The Labute approximate surface area is 187 Å². The minimum absolute atomic E-state index is 0.00337. The molecule has 0 aliphatic rings. The van der Waals surface area contributed by atoms with Gasteiger partial charge in [0.15, 0.2) is 0 Å². The van der Waals surface area contributed by atoms with Gasteiger partial charge in [0.05, 0.1) is 0 Å². The topological polar surface area (TPSA) is 81.7 Å². The van der Waals surface area contributed by atoms with E-state index in [1.807, 2.05) is 0 Å². The van der Waals surface area contributed by atoms with Crippen molar-refractivity contribution in [2.75, 3.05) is 13.2 Å². The number of aryl methyl sites for hydroxylation is 1. The highest BCUT2D eigenvalue weighted by Crippen LogP contribution is 2.19. The summed E-state index contributed by atoms with van der Waals surface area (Å²) in [5.74, 6) is -1.09. The molecule has 0 saturated heterocycles. The first kappa shape index (κ1) is 26.7. The van der Waals surface area contributed by atoms with Gasteiger partial charge in [-0.2, -0.15) is 0 Å². The van der Waals surface area contributed by atoms with Gasteiger partial charge in [0.1, 0.15) is 18.8 Å². The minimum atomic E-state index is -0.874. The molecule has 31 heavy (non-hydrogen) atoms. The molecule has 0 fully saturated rings. The molecule has 1 aromatic rings.